The maximum absolute atomic E-state index is 12.8. The summed E-state index contributed by atoms with van der Waals surface area (Å²) in [6.07, 6.45) is 8.28. The molecule has 6 heteroatoms. The third-order valence-corrected chi connectivity index (χ3v) is 5.17. The lowest BCUT2D eigenvalue weighted by molar-refractivity contribution is 0.0209. The summed E-state index contributed by atoms with van der Waals surface area (Å²) in [7, 11) is 0. The van der Waals surface area contributed by atoms with Crippen molar-refractivity contribution in [2.45, 2.75) is 43.1 Å². The monoisotopic (exact) mass is 342 g/mol. The molecule has 0 aliphatic heterocycles. The standard InChI is InChI=1S/C18H18N2O3S/c1-24-16-13(11-19)17(21)20-10-6-5-9-14(20)15(16)18(22)23-12-7-3-2-4-8-12/h5-6,9-10,12H,2-4,7-8H2,1H3. The first kappa shape index (κ1) is 16.6. The maximum Gasteiger partial charge on any atom is 0.341 e. The molecule has 0 N–H and O–H groups in total. The van der Waals surface area contributed by atoms with E-state index in [1.54, 1.807) is 30.7 Å². The number of nitrogens with zero attached hydrogens (tertiary/aromatic N) is 2. The molecule has 5 nitrogen and oxygen atoms in total. The maximum atomic E-state index is 12.8. The molecular weight excluding hydrogens is 324 g/mol. The van der Waals surface area contributed by atoms with Gasteiger partial charge in [-0.2, -0.15) is 5.26 Å². The lowest BCUT2D eigenvalue weighted by Gasteiger charge is -2.23. The first-order valence-corrected chi connectivity index (χ1v) is 9.22. The molecule has 1 fully saturated rings. The minimum atomic E-state index is -0.452. The average molecular weight is 342 g/mol. The summed E-state index contributed by atoms with van der Waals surface area (Å²) < 4.78 is 7.03. The summed E-state index contributed by atoms with van der Waals surface area (Å²) in [5.74, 6) is -0.452. The van der Waals surface area contributed by atoms with Crippen molar-refractivity contribution in [3.05, 3.63) is 45.9 Å². The molecule has 1 aliphatic carbocycles. The number of thioether (sulfide) groups is 1. The van der Waals surface area contributed by atoms with Gasteiger partial charge in [-0.05, 0) is 44.1 Å². The fourth-order valence-corrected chi connectivity index (χ4v) is 3.91. The van der Waals surface area contributed by atoms with Crippen LogP contribution in [0.4, 0.5) is 0 Å². The van der Waals surface area contributed by atoms with Gasteiger partial charge in [0.15, 0.2) is 0 Å². The number of rotatable bonds is 3. The van der Waals surface area contributed by atoms with Crippen LogP contribution in [-0.4, -0.2) is 22.7 Å². The Morgan fingerprint density at radius 1 is 1.33 bits per heavy atom. The second kappa shape index (κ2) is 7.10. The Morgan fingerprint density at radius 3 is 2.75 bits per heavy atom. The number of ether oxygens (including phenoxy) is 1. The van der Waals surface area contributed by atoms with Gasteiger partial charge < -0.3 is 4.74 Å². The highest BCUT2D eigenvalue weighted by atomic mass is 32.2. The Hall–Kier alpha value is -2.26. The van der Waals surface area contributed by atoms with Gasteiger partial charge in [0.25, 0.3) is 5.56 Å². The lowest BCUT2D eigenvalue weighted by atomic mass is 9.98. The van der Waals surface area contributed by atoms with Crippen molar-refractivity contribution in [1.29, 1.82) is 5.26 Å². The second-order valence-electron chi connectivity index (χ2n) is 5.82. The molecule has 0 saturated heterocycles. The first-order valence-electron chi connectivity index (χ1n) is 7.99. The molecule has 0 bridgehead atoms. The number of aromatic nitrogens is 1. The van der Waals surface area contributed by atoms with Gasteiger partial charge in [-0.1, -0.05) is 12.5 Å². The third-order valence-electron chi connectivity index (χ3n) is 4.35. The van der Waals surface area contributed by atoms with Gasteiger partial charge in [-0.25, -0.2) is 4.79 Å². The van der Waals surface area contributed by atoms with Crippen molar-refractivity contribution in [3.8, 4) is 6.07 Å². The predicted octanol–water partition coefficient (Wildman–Crippen LogP) is 3.38. The number of hydrogen-bond donors (Lipinski definition) is 0. The molecule has 24 heavy (non-hydrogen) atoms. The summed E-state index contributed by atoms with van der Waals surface area (Å²) >= 11 is 1.23. The van der Waals surface area contributed by atoms with E-state index in [4.69, 9.17) is 4.74 Å². The van der Waals surface area contributed by atoms with Gasteiger partial charge in [0.05, 0.1) is 11.1 Å². The number of carbonyl (C=O) groups excluding carboxylic acids is 1. The number of fused-ring (bicyclic) bond motifs is 1. The van der Waals surface area contributed by atoms with Gasteiger partial charge in [0.2, 0.25) is 0 Å². The second-order valence-corrected chi connectivity index (χ2v) is 6.64. The molecule has 0 unspecified atom stereocenters. The van der Waals surface area contributed by atoms with E-state index in [-0.39, 0.29) is 11.7 Å². The highest BCUT2D eigenvalue weighted by molar-refractivity contribution is 7.98. The Morgan fingerprint density at radius 2 is 2.08 bits per heavy atom. The number of esters is 1. The fraction of sp³-hybridized carbons (Fsp3) is 0.389. The number of nitriles is 1. The predicted molar refractivity (Wildman–Crippen MR) is 92.5 cm³/mol. The molecule has 0 amide bonds. The van der Waals surface area contributed by atoms with E-state index in [0.29, 0.717) is 16.0 Å². The highest BCUT2D eigenvalue weighted by Crippen LogP contribution is 2.29. The van der Waals surface area contributed by atoms with E-state index in [2.05, 4.69) is 0 Å². The van der Waals surface area contributed by atoms with Crippen molar-refractivity contribution in [2.24, 2.45) is 0 Å². The van der Waals surface area contributed by atoms with Crippen molar-refractivity contribution in [3.63, 3.8) is 0 Å². The molecule has 1 saturated carbocycles. The molecule has 2 aromatic heterocycles. The lowest BCUT2D eigenvalue weighted by Crippen LogP contribution is -2.25. The van der Waals surface area contributed by atoms with Gasteiger partial charge >= 0.3 is 5.97 Å². The van der Waals surface area contributed by atoms with Crippen LogP contribution in [0.1, 0.15) is 48.0 Å². The molecule has 2 heterocycles. The molecule has 0 atom stereocenters. The zero-order valence-electron chi connectivity index (χ0n) is 13.4. The van der Waals surface area contributed by atoms with Gasteiger partial charge in [0, 0.05) is 11.1 Å². The van der Waals surface area contributed by atoms with Crippen LogP contribution in [0.5, 0.6) is 0 Å². The Balaban J connectivity index is 2.15. The molecule has 0 spiro atoms. The minimum Gasteiger partial charge on any atom is -0.459 e. The molecule has 0 radical (unpaired) electrons. The topological polar surface area (TPSA) is 71.6 Å². The van der Waals surface area contributed by atoms with Crippen molar-refractivity contribution in [1.82, 2.24) is 4.40 Å². The molecule has 0 aromatic carbocycles. The van der Waals surface area contributed by atoms with Gasteiger partial charge in [-0.15, -0.1) is 11.8 Å². The number of carbonyl (C=O) groups is 1. The van der Waals surface area contributed by atoms with Crippen LogP contribution in [0.15, 0.2) is 34.1 Å². The van der Waals surface area contributed by atoms with Crippen LogP contribution in [0.25, 0.3) is 5.52 Å². The van der Waals surface area contributed by atoms with Crippen LogP contribution in [0.2, 0.25) is 0 Å². The Kier molecular flexibility index (Phi) is 4.91. The smallest absolute Gasteiger partial charge is 0.341 e. The Bertz CT molecular complexity index is 876. The summed E-state index contributed by atoms with van der Waals surface area (Å²) in [5.41, 5.74) is 0.366. The van der Waals surface area contributed by atoms with E-state index >= 15 is 0 Å². The van der Waals surface area contributed by atoms with Crippen molar-refractivity contribution in [2.75, 3.05) is 6.26 Å². The van der Waals surface area contributed by atoms with Crippen LogP contribution in [0, 0.1) is 11.3 Å². The van der Waals surface area contributed by atoms with Gasteiger partial charge in [-0.3, -0.25) is 9.20 Å². The number of hydrogen-bond acceptors (Lipinski definition) is 5. The third kappa shape index (κ3) is 2.92. The normalized spacial score (nSPS) is 15.2. The summed E-state index contributed by atoms with van der Waals surface area (Å²) in [6.45, 7) is 0. The van der Waals surface area contributed by atoms with E-state index in [1.165, 1.54) is 22.6 Å². The number of pyridine rings is 2. The summed E-state index contributed by atoms with van der Waals surface area (Å²) in [4.78, 5) is 25.7. The van der Waals surface area contributed by atoms with E-state index in [1.807, 2.05) is 6.07 Å². The van der Waals surface area contributed by atoms with Crippen LogP contribution in [-0.2, 0) is 4.74 Å². The van der Waals surface area contributed by atoms with Crippen LogP contribution < -0.4 is 5.56 Å². The van der Waals surface area contributed by atoms with Crippen molar-refractivity contribution >= 4 is 23.2 Å². The van der Waals surface area contributed by atoms with Crippen molar-refractivity contribution < 1.29 is 9.53 Å². The van der Waals surface area contributed by atoms with Crippen LogP contribution >= 0.6 is 11.8 Å². The van der Waals surface area contributed by atoms with E-state index in [0.717, 1.165) is 25.7 Å². The molecular formula is C18H18N2O3S. The summed E-state index contributed by atoms with van der Waals surface area (Å²) in [5, 5.41) is 9.39. The zero-order valence-corrected chi connectivity index (χ0v) is 14.3. The van der Waals surface area contributed by atoms with Crippen LogP contribution in [0.3, 0.4) is 0 Å². The Labute approximate surface area is 144 Å². The average Bonchev–Trinajstić information content (AvgIpc) is 2.62. The molecule has 2 aromatic rings. The van der Waals surface area contributed by atoms with E-state index < -0.39 is 11.5 Å². The van der Waals surface area contributed by atoms with E-state index in [9.17, 15) is 14.9 Å². The molecule has 124 valence electrons. The minimum absolute atomic E-state index is 0.0122. The largest absolute Gasteiger partial charge is 0.459 e. The highest BCUT2D eigenvalue weighted by Gasteiger charge is 2.26. The van der Waals surface area contributed by atoms with Gasteiger partial charge in [0.1, 0.15) is 17.7 Å². The molecule has 1 aliphatic rings. The quantitative estimate of drug-likeness (QED) is 0.631. The fourth-order valence-electron chi connectivity index (χ4n) is 3.18. The SMILES string of the molecule is CSc1c(C#N)c(=O)n2ccccc2c1C(=O)OC1CCCCC1. The first-order chi connectivity index (χ1) is 11.7. The molecule has 3 rings (SSSR count). The summed E-state index contributed by atoms with van der Waals surface area (Å²) in [6, 6.07) is 7.12. The zero-order chi connectivity index (χ0) is 17.1.